The lowest BCUT2D eigenvalue weighted by Gasteiger charge is -2.31. The van der Waals surface area contributed by atoms with Crippen LogP contribution in [0.25, 0.3) is 27.5 Å². The van der Waals surface area contributed by atoms with E-state index in [0.29, 0.717) is 36.2 Å². The maximum absolute atomic E-state index is 13.2. The number of aromatic nitrogens is 2. The molecule has 4 aromatic carbocycles. The molecule has 7 rings (SSSR count). The van der Waals surface area contributed by atoms with E-state index in [1.165, 1.54) is 0 Å². The fourth-order valence-corrected chi connectivity index (χ4v) is 6.74. The number of benzene rings is 4. The third kappa shape index (κ3) is 8.26. The maximum Gasteiger partial charge on any atom is 0.373 e. The first-order valence-corrected chi connectivity index (χ1v) is 17.4. The van der Waals surface area contributed by atoms with Gasteiger partial charge in [0.15, 0.2) is 11.6 Å². The predicted octanol–water partition coefficient (Wildman–Crippen LogP) is 7.01. The molecule has 1 aliphatic rings. The van der Waals surface area contributed by atoms with Crippen molar-refractivity contribution < 1.29 is 29.1 Å². The molecule has 264 valence electrons. The molecule has 1 fully saturated rings. The Bertz CT molecular complexity index is 2240. The van der Waals surface area contributed by atoms with Gasteiger partial charge in [-0.2, -0.15) is 9.59 Å². The van der Waals surface area contributed by atoms with Crippen molar-refractivity contribution in [1.29, 1.82) is 0 Å². The van der Waals surface area contributed by atoms with Gasteiger partial charge in [0.05, 0.1) is 18.2 Å². The van der Waals surface area contributed by atoms with Crippen LogP contribution < -0.4 is 10.2 Å². The van der Waals surface area contributed by atoms with E-state index >= 15 is 0 Å². The highest BCUT2D eigenvalue weighted by Gasteiger charge is 2.18. The molecule has 3 heterocycles. The number of aliphatic hydroxyl groups excluding tert-OH is 1. The number of fused-ring (bicyclic) bond motifs is 2. The number of piperidine rings is 1. The lowest BCUT2D eigenvalue weighted by Crippen LogP contribution is -2.35. The van der Waals surface area contributed by atoms with Gasteiger partial charge in [-0.05, 0) is 121 Å². The second kappa shape index (κ2) is 16.3. The van der Waals surface area contributed by atoms with E-state index in [9.17, 15) is 19.5 Å². The lowest BCUT2D eigenvalue weighted by atomic mass is 10.0. The molecule has 52 heavy (non-hydrogen) atoms. The maximum atomic E-state index is 13.2. The molecule has 6 aromatic rings. The van der Waals surface area contributed by atoms with E-state index in [0.717, 1.165) is 71.1 Å². The van der Waals surface area contributed by atoms with Crippen LogP contribution in [0.1, 0.15) is 58.9 Å². The molecule has 2 N–H and O–H groups in total. The zero-order chi connectivity index (χ0) is 36.6. The third-order valence-electron chi connectivity index (χ3n) is 9.45. The van der Waals surface area contributed by atoms with Gasteiger partial charge in [-0.3, -0.25) is 14.4 Å². The van der Waals surface area contributed by atoms with Crippen molar-refractivity contribution >= 4 is 56.8 Å². The van der Waals surface area contributed by atoms with Crippen molar-refractivity contribution in [2.75, 3.05) is 23.3 Å². The van der Waals surface area contributed by atoms with Gasteiger partial charge in [0, 0.05) is 77.4 Å². The standard InChI is InChI=1S/C41H40N4O4.CO2/c1-2-3-37(47)27-44-20-16-31-24-28(4-14-38(31)44)25-40(48)29-5-12-35(13-6-29)45-23-17-32-26-33(9-15-39(32)45)42-41(49)30-7-10-34(11-8-30)43-21-18-36(46)19-22-43;2-1-3/h4-17,20,23-24,26,36,46H,2-3,18-19,21-22,25,27H2,1H3,(H,42,49);. The minimum absolute atomic E-state index is 0.0437. The van der Waals surface area contributed by atoms with Gasteiger partial charge in [0.2, 0.25) is 0 Å². The number of hydrogen-bond acceptors (Lipinski definition) is 7. The number of anilines is 2. The largest absolute Gasteiger partial charge is 0.393 e. The van der Waals surface area contributed by atoms with Crippen LogP contribution in [-0.4, -0.2) is 57.1 Å². The molecule has 2 aromatic heterocycles. The quantitative estimate of drug-likeness (QED) is 0.139. The number of carbonyl (C=O) groups is 3. The van der Waals surface area contributed by atoms with Crippen LogP contribution in [0.4, 0.5) is 11.4 Å². The number of ketones is 2. The van der Waals surface area contributed by atoms with Crippen LogP contribution in [0.5, 0.6) is 0 Å². The van der Waals surface area contributed by atoms with Crippen molar-refractivity contribution in [3.05, 3.63) is 126 Å². The van der Waals surface area contributed by atoms with Gasteiger partial charge in [0.25, 0.3) is 5.91 Å². The molecule has 10 heteroatoms. The summed E-state index contributed by atoms with van der Waals surface area (Å²) in [6, 6.07) is 31.1. The van der Waals surface area contributed by atoms with E-state index in [2.05, 4.69) is 14.8 Å². The van der Waals surface area contributed by atoms with E-state index in [4.69, 9.17) is 9.59 Å². The Morgan fingerprint density at radius 3 is 2.12 bits per heavy atom. The van der Waals surface area contributed by atoms with Crippen molar-refractivity contribution in [3.63, 3.8) is 0 Å². The first-order chi connectivity index (χ1) is 25.3. The van der Waals surface area contributed by atoms with Crippen molar-refractivity contribution in [2.24, 2.45) is 0 Å². The Morgan fingerprint density at radius 1 is 0.769 bits per heavy atom. The van der Waals surface area contributed by atoms with Gasteiger partial charge in [-0.25, -0.2) is 0 Å². The minimum atomic E-state index is -0.222. The zero-order valence-corrected chi connectivity index (χ0v) is 29.0. The number of nitrogens with zero attached hydrogens (tertiary/aromatic N) is 3. The summed E-state index contributed by atoms with van der Waals surface area (Å²) in [7, 11) is 0. The Balaban J connectivity index is 0.00000150. The zero-order valence-electron chi connectivity index (χ0n) is 29.0. The topological polar surface area (TPSA) is 131 Å². The number of amides is 1. The Labute approximate surface area is 301 Å². The molecule has 0 atom stereocenters. The molecule has 0 aliphatic carbocycles. The Kier molecular flexibility index (Phi) is 11.2. The molecular formula is C42H40N4O6. The molecular weight excluding hydrogens is 656 g/mol. The summed E-state index contributed by atoms with van der Waals surface area (Å²) in [5.74, 6) is 0.0951. The third-order valence-corrected chi connectivity index (χ3v) is 9.45. The lowest BCUT2D eigenvalue weighted by molar-refractivity contribution is -0.191. The second-order valence-corrected chi connectivity index (χ2v) is 13.0. The highest BCUT2D eigenvalue weighted by atomic mass is 16.3. The molecule has 0 saturated carbocycles. The van der Waals surface area contributed by atoms with Crippen molar-refractivity contribution in [1.82, 2.24) is 9.13 Å². The highest BCUT2D eigenvalue weighted by molar-refractivity contribution is 6.05. The molecule has 1 aliphatic heterocycles. The number of hydrogen-bond donors (Lipinski definition) is 2. The van der Waals surface area contributed by atoms with Crippen LogP contribution in [-0.2, 0) is 27.3 Å². The minimum Gasteiger partial charge on any atom is -0.393 e. The molecule has 0 spiro atoms. The average molecular weight is 697 g/mol. The fourth-order valence-electron chi connectivity index (χ4n) is 6.74. The summed E-state index contributed by atoms with van der Waals surface area (Å²) in [6.07, 6.45) is 7.20. The summed E-state index contributed by atoms with van der Waals surface area (Å²) >= 11 is 0. The monoisotopic (exact) mass is 696 g/mol. The average Bonchev–Trinajstić information content (AvgIpc) is 3.76. The SMILES string of the molecule is CCCC(=O)Cn1ccc2cc(CC(=O)c3ccc(-n4ccc5cc(NC(=O)c6ccc(N7CCC(O)CC7)cc6)ccc54)cc3)ccc21.O=C=O. The van der Waals surface area contributed by atoms with Crippen molar-refractivity contribution in [2.45, 2.75) is 51.7 Å². The smallest absolute Gasteiger partial charge is 0.373 e. The van der Waals surface area contributed by atoms with E-state index in [-0.39, 0.29) is 29.7 Å². The van der Waals surface area contributed by atoms with Gasteiger partial charge in [-0.15, -0.1) is 0 Å². The number of aliphatic hydroxyl groups is 1. The number of rotatable bonds is 11. The predicted molar refractivity (Wildman–Crippen MR) is 200 cm³/mol. The summed E-state index contributed by atoms with van der Waals surface area (Å²) in [5.41, 5.74) is 6.88. The van der Waals surface area contributed by atoms with Crippen LogP contribution in [0.2, 0.25) is 0 Å². The van der Waals surface area contributed by atoms with Gasteiger partial charge >= 0.3 is 6.15 Å². The summed E-state index contributed by atoms with van der Waals surface area (Å²) in [4.78, 5) is 56.9. The van der Waals surface area contributed by atoms with Crippen LogP contribution in [0, 0.1) is 0 Å². The van der Waals surface area contributed by atoms with Crippen molar-refractivity contribution in [3.8, 4) is 5.69 Å². The molecule has 0 radical (unpaired) electrons. The molecule has 10 nitrogen and oxygen atoms in total. The summed E-state index contributed by atoms with van der Waals surface area (Å²) in [5, 5.41) is 14.8. The molecule has 1 saturated heterocycles. The number of Topliss-reactive ketones (excluding diaryl/α,β-unsaturated/α-hetero) is 2. The van der Waals surface area contributed by atoms with Gasteiger partial charge in [-0.1, -0.05) is 13.0 Å². The molecule has 1 amide bonds. The van der Waals surface area contributed by atoms with Gasteiger partial charge < -0.3 is 24.5 Å². The van der Waals surface area contributed by atoms with E-state index in [1.54, 1.807) is 0 Å². The summed E-state index contributed by atoms with van der Waals surface area (Å²) in [6.45, 7) is 4.01. The number of nitrogens with one attached hydrogen (secondary N) is 1. The molecule has 0 bridgehead atoms. The number of carbonyl (C=O) groups excluding carboxylic acids is 5. The Hall–Kier alpha value is -6.09. The van der Waals surface area contributed by atoms with E-state index < -0.39 is 0 Å². The second-order valence-electron chi connectivity index (χ2n) is 13.0. The van der Waals surface area contributed by atoms with Gasteiger partial charge in [0.1, 0.15) is 0 Å². The summed E-state index contributed by atoms with van der Waals surface area (Å²) < 4.78 is 4.04. The fraction of sp³-hybridized carbons (Fsp3) is 0.238. The Morgan fingerprint density at radius 2 is 1.40 bits per heavy atom. The van der Waals surface area contributed by atoms with Crippen LogP contribution in [0.3, 0.4) is 0 Å². The molecule has 0 unspecified atom stereocenters. The highest BCUT2D eigenvalue weighted by Crippen LogP contribution is 2.26. The van der Waals surface area contributed by atoms with E-state index in [1.807, 2.05) is 121 Å². The first kappa shape index (κ1) is 35.7. The first-order valence-electron chi connectivity index (χ1n) is 17.4. The van der Waals surface area contributed by atoms with Crippen LogP contribution >= 0.6 is 0 Å². The van der Waals surface area contributed by atoms with Crippen LogP contribution in [0.15, 0.2) is 109 Å². The normalized spacial score (nSPS) is 13.0.